The molecule has 1 atom stereocenters. The highest BCUT2D eigenvalue weighted by molar-refractivity contribution is 7.07. The standard InChI is InChI=1S/C27H20Cl2N2O4S/c1-3-34-26(33)23-15(2)30-27-31(24(23)16-7-5-4-6-8-16)25(32)22(36-27)14-18-10-12-21(35-18)19-11-9-17(28)13-20(19)29/h4-14,24H,3H2,1-2H3/b22-14-/t24-/m0/s1. The summed E-state index contributed by atoms with van der Waals surface area (Å²) in [5.74, 6) is 0.551. The molecule has 0 saturated carbocycles. The first kappa shape index (κ1) is 24.3. The summed E-state index contributed by atoms with van der Waals surface area (Å²) in [4.78, 5) is 31.6. The van der Waals surface area contributed by atoms with Crippen LogP contribution in [0.3, 0.4) is 0 Å². The normalized spacial score (nSPS) is 15.6. The number of carbonyl (C=O) groups excluding carboxylic acids is 1. The molecule has 5 rings (SSSR count). The fourth-order valence-corrected chi connectivity index (χ4v) is 5.66. The van der Waals surface area contributed by atoms with Gasteiger partial charge >= 0.3 is 5.97 Å². The van der Waals surface area contributed by atoms with E-state index in [2.05, 4.69) is 4.99 Å². The number of nitrogens with zero attached hydrogens (tertiary/aromatic N) is 2. The Labute approximate surface area is 220 Å². The second-order valence-electron chi connectivity index (χ2n) is 8.04. The molecule has 3 heterocycles. The molecule has 0 bridgehead atoms. The number of rotatable bonds is 5. The van der Waals surface area contributed by atoms with Gasteiger partial charge in [0.1, 0.15) is 11.5 Å². The van der Waals surface area contributed by atoms with Gasteiger partial charge in [-0.1, -0.05) is 64.9 Å². The Morgan fingerprint density at radius 3 is 2.67 bits per heavy atom. The van der Waals surface area contributed by atoms with Crippen molar-refractivity contribution in [3.63, 3.8) is 0 Å². The molecule has 0 aliphatic carbocycles. The summed E-state index contributed by atoms with van der Waals surface area (Å²) in [6.45, 7) is 3.73. The maximum absolute atomic E-state index is 13.6. The summed E-state index contributed by atoms with van der Waals surface area (Å²) in [6.07, 6.45) is 1.67. The highest BCUT2D eigenvalue weighted by atomic mass is 35.5. The summed E-state index contributed by atoms with van der Waals surface area (Å²) in [5.41, 5.74) is 2.08. The molecule has 2 aromatic heterocycles. The highest BCUT2D eigenvalue weighted by Gasteiger charge is 2.33. The van der Waals surface area contributed by atoms with E-state index in [-0.39, 0.29) is 12.2 Å². The number of carbonyl (C=O) groups is 1. The average molecular weight is 539 g/mol. The number of thiazole rings is 1. The molecule has 0 amide bonds. The second-order valence-corrected chi connectivity index (χ2v) is 9.89. The minimum absolute atomic E-state index is 0.222. The molecule has 4 aromatic rings. The summed E-state index contributed by atoms with van der Waals surface area (Å²) in [7, 11) is 0. The number of allylic oxidation sites excluding steroid dienone is 1. The van der Waals surface area contributed by atoms with Crippen molar-refractivity contribution in [1.82, 2.24) is 4.57 Å². The number of aromatic nitrogens is 1. The van der Waals surface area contributed by atoms with Crippen LogP contribution in [0.5, 0.6) is 0 Å². The molecule has 0 N–H and O–H groups in total. The molecule has 182 valence electrons. The van der Waals surface area contributed by atoms with Gasteiger partial charge in [0.25, 0.3) is 5.56 Å². The second kappa shape index (κ2) is 9.93. The van der Waals surface area contributed by atoms with Crippen LogP contribution in [0.15, 0.2) is 86.1 Å². The van der Waals surface area contributed by atoms with Crippen LogP contribution in [0.25, 0.3) is 17.4 Å². The lowest BCUT2D eigenvalue weighted by Gasteiger charge is -2.24. The fraction of sp³-hybridized carbons (Fsp3) is 0.148. The van der Waals surface area contributed by atoms with Crippen molar-refractivity contribution in [1.29, 1.82) is 0 Å². The number of hydrogen-bond acceptors (Lipinski definition) is 6. The third-order valence-corrected chi connectivity index (χ3v) is 7.26. The Morgan fingerprint density at radius 1 is 1.17 bits per heavy atom. The summed E-state index contributed by atoms with van der Waals surface area (Å²) < 4.78 is 13.3. The first-order valence-corrected chi connectivity index (χ1v) is 12.7. The zero-order chi connectivity index (χ0) is 25.4. The quantitative estimate of drug-likeness (QED) is 0.320. The number of halogens is 2. The average Bonchev–Trinajstić information content (AvgIpc) is 3.43. The maximum Gasteiger partial charge on any atom is 0.338 e. The smallest absolute Gasteiger partial charge is 0.338 e. The Kier molecular flexibility index (Phi) is 6.71. The first-order valence-electron chi connectivity index (χ1n) is 11.2. The molecule has 0 unspecified atom stereocenters. The minimum atomic E-state index is -0.649. The lowest BCUT2D eigenvalue weighted by molar-refractivity contribution is -0.139. The van der Waals surface area contributed by atoms with Crippen LogP contribution < -0.4 is 14.9 Å². The molecule has 6 nitrogen and oxygen atoms in total. The molecular weight excluding hydrogens is 519 g/mol. The lowest BCUT2D eigenvalue weighted by atomic mass is 9.96. The van der Waals surface area contributed by atoms with E-state index in [4.69, 9.17) is 32.4 Å². The number of esters is 1. The summed E-state index contributed by atoms with van der Waals surface area (Å²) in [6, 6.07) is 17.4. The third kappa shape index (κ3) is 4.46. The van der Waals surface area contributed by atoms with Crippen LogP contribution in [-0.2, 0) is 9.53 Å². The molecule has 0 fully saturated rings. The molecule has 9 heteroatoms. The van der Waals surface area contributed by atoms with Gasteiger partial charge in [-0.2, -0.15) is 0 Å². The van der Waals surface area contributed by atoms with Gasteiger partial charge < -0.3 is 9.15 Å². The maximum atomic E-state index is 13.6. The monoisotopic (exact) mass is 538 g/mol. The van der Waals surface area contributed by atoms with E-state index >= 15 is 0 Å². The van der Waals surface area contributed by atoms with Crippen molar-refractivity contribution < 1.29 is 13.9 Å². The van der Waals surface area contributed by atoms with Crippen molar-refractivity contribution in [2.45, 2.75) is 19.9 Å². The first-order chi connectivity index (χ1) is 17.4. The topological polar surface area (TPSA) is 73.8 Å². The summed E-state index contributed by atoms with van der Waals surface area (Å²) >= 11 is 13.6. The fourth-order valence-electron chi connectivity index (χ4n) is 4.14. The van der Waals surface area contributed by atoms with Gasteiger partial charge in [-0.25, -0.2) is 9.79 Å². The molecule has 36 heavy (non-hydrogen) atoms. The Balaban J connectivity index is 1.63. The van der Waals surface area contributed by atoms with Gasteiger partial charge in [-0.3, -0.25) is 9.36 Å². The van der Waals surface area contributed by atoms with E-state index in [1.54, 1.807) is 54.8 Å². The van der Waals surface area contributed by atoms with Crippen LogP contribution in [0.2, 0.25) is 10.0 Å². The van der Waals surface area contributed by atoms with Crippen molar-refractivity contribution in [2.24, 2.45) is 4.99 Å². The lowest BCUT2D eigenvalue weighted by Crippen LogP contribution is -2.39. The van der Waals surface area contributed by atoms with E-state index in [9.17, 15) is 9.59 Å². The molecule has 2 aromatic carbocycles. The van der Waals surface area contributed by atoms with Gasteiger partial charge in [0.15, 0.2) is 4.80 Å². The van der Waals surface area contributed by atoms with Gasteiger partial charge in [-0.15, -0.1) is 0 Å². The van der Waals surface area contributed by atoms with Crippen molar-refractivity contribution in [3.8, 4) is 11.3 Å². The number of ether oxygens (including phenoxy) is 1. The van der Waals surface area contributed by atoms with Crippen LogP contribution in [0.1, 0.15) is 31.2 Å². The van der Waals surface area contributed by atoms with E-state index in [0.29, 0.717) is 47.7 Å². The predicted octanol–water partition coefficient (Wildman–Crippen LogP) is 5.37. The molecular formula is C27H20Cl2N2O4S. The van der Waals surface area contributed by atoms with Crippen LogP contribution in [0.4, 0.5) is 0 Å². The van der Waals surface area contributed by atoms with Crippen LogP contribution >= 0.6 is 34.5 Å². The molecule has 0 saturated heterocycles. The summed E-state index contributed by atoms with van der Waals surface area (Å²) in [5, 5.41) is 0.995. The number of furan rings is 1. The largest absolute Gasteiger partial charge is 0.463 e. The predicted molar refractivity (Wildman–Crippen MR) is 141 cm³/mol. The van der Waals surface area contributed by atoms with E-state index < -0.39 is 12.0 Å². The number of benzene rings is 2. The van der Waals surface area contributed by atoms with Gasteiger partial charge in [-0.05, 0) is 49.7 Å². The van der Waals surface area contributed by atoms with Gasteiger partial charge in [0.2, 0.25) is 0 Å². The van der Waals surface area contributed by atoms with Crippen molar-refractivity contribution in [3.05, 3.63) is 113 Å². The zero-order valence-corrected chi connectivity index (χ0v) is 21.7. The van der Waals surface area contributed by atoms with Gasteiger partial charge in [0, 0.05) is 16.7 Å². The molecule has 0 radical (unpaired) electrons. The van der Waals surface area contributed by atoms with Crippen molar-refractivity contribution in [2.75, 3.05) is 6.61 Å². The highest BCUT2D eigenvalue weighted by Crippen LogP contribution is 2.32. The Hall–Kier alpha value is -3.39. The molecule has 1 aliphatic heterocycles. The number of fused-ring (bicyclic) bond motifs is 1. The Morgan fingerprint density at radius 2 is 1.94 bits per heavy atom. The van der Waals surface area contributed by atoms with Crippen molar-refractivity contribution >= 4 is 46.6 Å². The van der Waals surface area contributed by atoms with Crippen LogP contribution in [0, 0.1) is 0 Å². The SMILES string of the molecule is CCOC(=O)C1=C(C)N=c2s/c(=C\c3ccc(-c4ccc(Cl)cc4Cl)o3)c(=O)n2[C@H]1c1ccccc1. The third-order valence-electron chi connectivity index (χ3n) is 5.73. The zero-order valence-electron chi connectivity index (χ0n) is 19.3. The Bertz CT molecular complexity index is 1680. The van der Waals surface area contributed by atoms with Gasteiger partial charge in [0.05, 0.1) is 33.5 Å². The number of hydrogen-bond donors (Lipinski definition) is 0. The minimum Gasteiger partial charge on any atom is -0.463 e. The molecule has 1 aliphatic rings. The molecule has 0 spiro atoms. The van der Waals surface area contributed by atoms with E-state index in [0.717, 1.165) is 5.56 Å². The van der Waals surface area contributed by atoms with Crippen LogP contribution in [-0.4, -0.2) is 17.1 Å². The van der Waals surface area contributed by atoms with E-state index in [1.807, 2.05) is 30.3 Å². The van der Waals surface area contributed by atoms with E-state index in [1.165, 1.54) is 11.3 Å².